The molecule has 0 fully saturated rings. The normalized spacial score (nSPS) is 15.1. The summed E-state index contributed by atoms with van der Waals surface area (Å²) in [5.74, 6) is 1.38. The van der Waals surface area contributed by atoms with Gasteiger partial charge in [0.1, 0.15) is 5.69 Å². The molecule has 1 N–H and O–H groups in total. The zero-order chi connectivity index (χ0) is 22.7. The van der Waals surface area contributed by atoms with Gasteiger partial charge in [-0.3, -0.25) is 9.89 Å². The first-order valence-corrected chi connectivity index (χ1v) is 10.3. The van der Waals surface area contributed by atoms with Crippen molar-refractivity contribution < 1.29 is 23.7 Å². The van der Waals surface area contributed by atoms with Gasteiger partial charge in [-0.1, -0.05) is 24.3 Å². The van der Waals surface area contributed by atoms with Gasteiger partial charge in [0.25, 0.3) is 5.91 Å². The van der Waals surface area contributed by atoms with E-state index in [4.69, 9.17) is 18.9 Å². The molecule has 32 heavy (non-hydrogen) atoms. The molecule has 0 aliphatic carbocycles. The highest BCUT2D eigenvalue weighted by molar-refractivity contribution is 5.93. The van der Waals surface area contributed by atoms with E-state index in [9.17, 15) is 4.79 Å². The molecule has 3 aromatic rings. The van der Waals surface area contributed by atoms with Crippen molar-refractivity contribution in [2.45, 2.75) is 19.1 Å². The summed E-state index contributed by atoms with van der Waals surface area (Å²) in [5.41, 5.74) is 4.22. The first-order valence-electron chi connectivity index (χ1n) is 10.3. The van der Waals surface area contributed by atoms with Crippen LogP contribution in [0.2, 0.25) is 0 Å². The molecule has 0 spiro atoms. The topological polar surface area (TPSA) is 85.9 Å². The number of amides is 1. The Bertz CT molecular complexity index is 1090. The molecule has 0 saturated carbocycles. The maximum absolute atomic E-state index is 13.0. The lowest BCUT2D eigenvalue weighted by Crippen LogP contribution is -2.38. The van der Waals surface area contributed by atoms with Crippen molar-refractivity contribution >= 4 is 5.91 Å². The number of carbonyl (C=O) groups is 1. The SMILES string of the molecule is COc1cc(-c2cc(C(=O)N(C)CC3Cc4ccccc4CO3)[nH]n2)cc(OC)c1OC. The third-order valence-electron chi connectivity index (χ3n) is 5.63. The van der Waals surface area contributed by atoms with E-state index in [1.165, 1.54) is 11.1 Å². The average Bonchev–Trinajstić information content (AvgIpc) is 3.32. The Morgan fingerprint density at radius 3 is 2.44 bits per heavy atom. The number of likely N-dealkylation sites (N-methyl/N-ethyl adjacent to an activating group) is 1. The fraction of sp³-hybridized carbons (Fsp3) is 0.333. The van der Waals surface area contributed by atoms with E-state index in [2.05, 4.69) is 22.3 Å². The first kappa shape index (κ1) is 21.7. The predicted octanol–water partition coefficient (Wildman–Crippen LogP) is 3.32. The van der Waals surface area contributed by atoms with Crippen LogP contribution in [0.15, 0.2) is 42.5 Å². The van der Waals surface area contributed by atoms with Crippen LogP contribution in [0, 0.1) is 0 Å². The minimum Gasteiger partial charge on any atom is -0.493 e. The molecule has 8 nitrogen and oxygen atoms in total. The molecule has 2 heterocycles. The van der Waals surface area contributed by atoms with Crippen molar-refractivity contribution in [1.82, 2.24) is 15.1 Å². The summed E-state index contributed by atoms with van der Waals surface area (Å²) < 4.78 is 22.1. The van der Waals surface area contributed by atoms with Gasteiger partial charge in [-0.25, -0.2) is 0 Å². The van der Waals surface area contributed by atoms with E-state index in [-0.39, 0.29) is 12.0 Å². The maximum Gasteiger partial charge on any atom is 0.271 e. The number of benzene rings is 2. The molecule has 168 valence electrons. The lowest BCUT2D eigenvalue weighted by molar-refractivity contribution is 0.00972. The summed E-state index contributed by atoms with van der Waals surface area (Å²) in [5, 5.41) is 7.16. The molecule has 1 aliphatic heterocycles. The monoisotopic (exact) mass is 437 g/mol. The van der Waals surface area contributed by atoms with E-state index in [0.29, 0.717) is 41.8 Å². The molecule has 1 atom stereocenters. The molecule has 0 radical (unpaired) electrons. The van der Waals surface area contributed by atoms with Crippen LogP contribution < -0.4 is 14.2 Å². The third kappa shape index (κ3) is 4.27. The van der Waals surface area contributed by atoms with Crippen LogP contribution in [-0.2, 0) is 17.8 Å². The number of methoxy groups -OCH3 is 3. The average molecular weight is 437 g/mol. The van der Waals surface area contributed by atoms with Gasteiger partial charge in [0.05, 0.1) is 39.7 Å². The Morgan fingerprint density at radius 1 is 1.09 bits per heavy atom. The van der Waals surface area contributed by atoms with Crippen molar-refractivity contribution in [3.05, 3.63) is 59.3 Å². The van der Waals surface area contributed by atoms with Gasteiger partial charge in [-0.05, 0) is 29.3 Å². The Kier molecular flexibility index (Phi) is 6.32. The van der Waals surface area contributed by atoms with Crippen LogP contribution >= 0.6 is 0 Å². The molecule has 1 aromatic heterocycles. The summed E-state index contributed by atoms with van der Waals surface area (Å²) in [4.78, 5) is 14.6. The molecule has 1 unspecified atom stereocenters. The molecular formula is C24H27N3O5. The van der Waals surface area contributed by atoms with Crippen LogP contribution in [0.1, 0.15) is 21.6 Å². The highest BCUT2D eigenvalue weighted by atomic mass is 16.5. The third-order valence-corrected chi connectivity index (χ3v) is 5.63. The molecule has 0 bridgehead atoms. The Morgan fingerprint density at radius 2 is 1.78 bits per heavy atom. The van der Waals surface area contributed by atoms with Crippen LogP contribution in [0.25, 0.3) is 11.3 Å². The Labute approximate surface area is 187 Å². The second-order valence-electron chi connectivity index (χ2n) is 7.67. The van der Waals surface area contributed by atoms with Gasteiger partial charge in [-0.2, -0.15) is 5.10 Å². The molecule has 4 rings (SSSR count). The number of ether oxygens (including phenoxy) is 4. The molecule has 1 amide bonds. The van der Waals surface area contributed by atoms with Gasteiger partial charge in [-0.15, -0.1) is 0 Å². The number of H-pyrrole nitrogens is 1. The minimum absolute atomic E-state index is 0.0450. The lowest BCUT2D eigenvalue weighted by atomic mass is 9.99. The summed E-state index contributed by atoms with van der Waals surface area (Å²) >= 11 is 0. The molecule has 8 heteroatoms. The van der Waals surface area contributed by atoms with E-state index in [1.54, 1.807) is 51.5 Å². The predicted molar refractivity (Wildman–Crippen MR) is 119 cm³/mol. The van der Waals surface area contributed by atoms with Gasteiger partial charge < -0.3 is 23.8 Å². The van der Waals surface area contributed by atoms with Crippen LogP contribution in [0.3, 0.4) is 0 Å². The number of hydrogen-bond donors (Lipinski definition) is 1. The highest BCUT2D eigenvalue weighted by Gasteiger charge is 2.24. The van der Waals surface area contributed by atoms with Crippen LogP contribution in [-0.4, -0.2) is 62.0 Å². The number of aromatic amines is 1. The Hall–Kier alpha value is -3.52. The van der Waals surface area contributed by atoms with Gasteiger partial charge >= 0.3 is 0 Å². The standard InChI is InChI=1S/C24H27N3O5/c1-27(13-18-9-15-7-5-6-8-16(15)14-32-18)24(28)20-12-19(25-26-20)17-10-21(29-2)23(31-4)22(11-17)30-3/h5-8,10-12,18H,9,13-14H2,1-4H3,(H,25,26). The zero-order valence-electron chi connectivity index (χ0n) is 18.7. The van der Waals surface area contributed by atoms with E-state index >= 15 is 0 Å². The number of hydrogen-bond acceptors (Lipinski definition) is 6. The minimum atomic E-state index is -0.154. The summed E-state index contributed by atoms with van der Waals surface area (Å²) in [6.45, 7) is 1.06. The smallest absolute Gasteiger partial charge is 0.271 e. The zero-order valence-corrected chi connectivity index (χ0v) is 18.7. The van der Waals surface area contributed by atoms with E-state index in [0.717, 1.165) is 12.0 Å². The van der Waals surface area contributed by atoms with Crippen LogP contribution in [0.4, 0.5) is 0 Å². The molecule has 1 aliphatic rings. The number of nitrogens with zero attached hydrogens (tertiary/aromatic N) is 2. The second-order valence-corrected chi connectivity index (χ2v) is 7.67. The van der Waals surface area contributed by atoms with E-state index < -0.39 is 0 Å². The lowest BCUT2D eigenvalue weighted by Gasteiger charge is -2.28. The Balaban J connectivity index is 1.48. The van der Waals surface area contributed by atoms with Crippen molar-refractivity contribution in [3.63, 3.8) is 0 Å². The van der Waals surface area contributed by atoms with Gasteiger partial charge in [0, 0.05) is 25.6 Å². The number of carbonyl (C=O) groups excluding carboxylic acids is 1. The molecule has 0 saturated heterocycles. The fourth-order valence-corrected chi connectivity index (χ4v) is 3.93. The van der Waals surface area contributed by atoms with Crippen molar-refractivity contribution in [3.8, 4) is 28.5 Å². The summed E-state index contributed by atoms with van der Waals surface area (Å²) in [6.07, 6.45) is 0.740. The largest absolute Gasteiger partial charge is 0.493 e. The molecule has 2 aromatic carbocycles. The highest BCUT2D eigenvalue weighted by Crippen LogP contribution is 2.40. The van der Waals surface area contributed by atoms with Crippen molar-refractivity contribution in [1.29, 1.82) is 0 Å². The van der Waals surface area contributed by atoms with Crippen molar-refractivity contribution in [2.75, 3.05) is 34.9 Å². The van der Waals surface area contributed by atoms with Crippen LogP contribution in [0.5, 0.6) is 17.2 Å². The summed E-state index contributed by atoms with van der Waals surface area (Å²) in [7, 11) is 6.44. The number of aromatic nitrogens is 2. The number of nitrogens with one attached hydrogen (secondary N) is 1. The van der Waals surface area contributed by atoms with Gasteiger partial charge in [0.2, 0.25) is 5.75 Å². The van der Waals surface area contributed by atoms with Crippen molar-refractivity contribution in [2.24, 2.45) is 0 Å². The van der Waals surface area contributed by atoms with E-state index in [1.807, 2.05) is 12.1 Å². The molecular weight excluding hydrogens is 410 g/mol. The first-order chi connectivity index (χ1) is 15.5. The second kappa shape index (κ2) is 9.32. The number of fused-ring (bicyclic) bond motifs is 1. The fourth-order valence-electron chi connectivity index (χ4n) is 3.93. The maximum atomic E-state index is 13.0. The number of rotatable bonds is 7. The van der Waals surface area contributed by atoms with Gasteiger partial charge in [0.15, 0.2) is 11.5 Å². The quantitative estimate of drug-likeness (QED) is 0.610. The summed E-state index contributed by atoms with van der Waals surface area (Å²) in [6, 6.07) is 13.6.